The largest absolute Gasteiger partial charge is 0.461 e. The summed E-state index contributed by atoms with van der Waals surface area (Å²) in [6, 6.07) is 0. The molecule has 6 nitrogen and oxygen atoms in total. The third-order valence-corrected chi connectivity index (χ3v) is 3.32. The van der Waals surface area contributed by atoms with Crippen molar-refractivity contribution in [2.24, 2.45) is 0 Å². The van der Waals surface area contributed by atoms with E-state index in [0.29, 0.717) is 0 Å². The summed E-state index contributed by atoms with van der Waals surface area (Å²) in [6.45, 7) is 8.23. The zero-order valence-electron chi connectivity index (χ0n) is 14.1. The van der Waals surface area contributed by atoms with Crippen LogP contribution in [0.3, 0.4) is 0 Å². The van der Waals surface area contributed by atoms with Gasteiger partial charge in [-0.1, -0.05) is 31.9 Å². The van der Waals surface area contributed by atoms with E-state index >= 15 is 0 Å². The second-order valence-electron chi connectivity index (χ2n) is 6.35. The fraction of sp³-hybridized carbons (Fsp3) is 0.800. The Balaban J connectivity index is 4.78. The molecule has 0 aliphatic rings. The molecule has 0 N–H and O–H groups in total. The number of hydrogen-bond donors (Lipinski definition) is 0. The second-order valence-corrected chi connectivity index (χ2v) is 10.3. The second kappa shape index (κ2) is 9.13. The molecule has 8 heteroatoms. The van der Waals surface area contributed by atoms with E-state index in [-0.39, 0.29) is 26.2 Å². The lowest BCUT2D eigenvalue weighted by atomic mass is 10.1. The minimum Gasteiger partial charge on any atom is -0.461 e. The number of carbonyl (C=O) groups is 3. The zero-order valence-corrected chi connectivity index (χ0v) is 17.3. The predicted octanol–water partition coefficient (Wildman–Crippen LogP) is 2.78. The lowest BCUT2D eigenvalue weighted by Gasteiger charge is -2.30. The Hall–Kier alpha value is -0.470. The van der Waals surface area contributed by atoms with Gasteiger partial charge in [0.05, 0.1) is 6.61 Å². The molecular weight excluding hydrogens is 436 g/mol. The topological polar surface area (TPSA) is 78.9 Å². The average molecular weight is 460 g/mol. The molecule has 0 unspecified atom stereocenters. The van der Waals surface area contributed by atoms with Crippen molar-refractivity contribution in [2.75, 3.05) is 19.8 Å². The van der Waals surface area contributed by atoms with E-state index in [1.54, 1.807) is 34.6 Å². The monoisotopic (exact) mass is 458 g/mol. The SMILES string of the molecule is CC(COC(=O)C(C)(C)Br)(COC(=O)C(C)(C)Br)OCCC=O. The van der Waals surface area contributed by atoms with Crippen LogP contribution in [-0.2, 0) is 28.6 Å². The van der Waals surface area contributed by atoms with Crippen LogP contribution in [0.15, 0.2) is 0 Å². The summed E-state index contributed by atoms with van der Waals surface area (Å²) >= 11 is 6.42. The number of alkyl halides is 2. The highest BCUT2D eigenvalue weighted by molar-refractivity contribution is 9.10. The molecule has 0 aliphatic carbocycles. The van der Waals surface area contributed by atoms with Gasteiger partial charge in [0.25, 0.3) is 0 Å². The Morgan fingerprint density at radius 2 is 1.30 bits per heavy atom. The fourth-order valence-corrected chi connectivity index (χ4v) is 1.49. The van der Waals surface area contributed by atoms with Crippen LogP contribution in [0.4, 0.5) is 0 Å². The number of rotatable bonds is 10. The molecule has 0 aromatic heterocycles. The molecule has 0 saturated carbocycles. The molecule has 0 heterocycles. The van der Waals surface area contributed by atoms with Crippen molar-refractivity contribution in [3.8, 4) is 0 Å². The van der Waals surface area contributed by atoms with Crippen molar-refractivity contribution in [1.29, 1.82) is 0 Å². The quantitative estimate of drug-likeness (QED) is 0.216. The van der Waals surface area contributed by atoms with Gasteiger partial charge in [0, 0.05) is 6.42 Å². The first-order valence-electron chi connectivity index (χ1n) is 7.12. The number of esters is 2. The lowest BCUT2D eigenvalue weighted by Crippen LogP contribution is -2.44. The maximum Gasteiger partial charge on any atom is 0.322 e. The van der Waals surface area contributed by atoms with E-state index < -0.39 is 26.2 Å². The van der Waals surface area contributed by atoms with Crippen LogP contribution < -0.4 is 0 Å². The van der Waals surface area contributed by atoms with Crippen molar-refractivity contribution < 1.29 is 28.6 Å². The van der Waals surface area contributed by atoms with Crippen molar-refractivity contribution in [1.82, 2.24) is 0 Å². The molecular formula is C15H24Br2O6. The van der Waals surface area contributed by atoms with E-state index in [1.807, 2.05) is 0 Å². The zero-order chi connectivity index (χ0) is 18.3. The van der Waals surface area contributed by atoms with E-state index in [0.717, 1.165) is 6.29 Å². The maximum absolute atomic E-state index is 11.8. The van der Waals surface area contributed by atoms with Gasteiger partial charge < -0.3 is 19.0 Å². The standard InChI is InChI=1S/C15H24Br2O6/c1-13(2,16)11(19)21-9-15(5,23-8-6-7-18)10-22-12(20)14(3,4)17/h7H,6,8-10H2,1-5H3. The molecule has 0 rings (SSSR count). The van der Waals surface area contributed by atoms with Crippen LogP contribution in [-0.4, -0.2) is 52.3 Å². The number of carbonyl (C=O) groups excluding carboxylic acids is 3. The molecule has 0 aromatic rings. The van der Waals surface area contributed by atoms with Crippen molar-refractivity contribution >= 4 is 50.1 Å². The normalized spacial score (nSPS) is 12.7. The highest BCUT2D eigenvalue weighted by atomic mass is 79.9. The molecule has 0 bridgehead atoms. The van der Waals surface area contributed by atoms with Gasteiger partial charge in [-0.2, -0.15) is 0 Å². The number of ether oxygens (including phenoxy) is 3. The lowest BCUT2D eigenvalue weighted by molar-refractivity contribution is -0.170. The Kier molecular flexibility index (Phi) is 8.94. The summed E-state index contributed by atoms with van der Waals surface area (Å²) in [5.41, 5.74) is -1.04. The molecule has 0 saturated heterocycles. The van der Waals surface area contributed by atoms with Gasteiger partial charge in [-0.25, -0.2) is 0 Å². The summed E-state index contributed by atoms with van der Waals surface area (Å²) < 4.78 is 14.4. The Bertz CT molecular complexity index is 393. The molecule has 0 fully saturated rings. The fourth-order valence-electron chi connectivity index (χ4n) is 1.26. The number of hydrogen-bond acceptors (Lipinski definition) is 6. The third kappa shape index (κ3) is 9.42. The van der Waals surface area contributed by atoms with Crippen LogP contribution >= 0.6 is 31.9 Å². The van der Waals surface area contributed by atoms with Crippen LogP contribution in [0.25, 0.3) is 0 Å². The van der Waals surface area contributed by atoms with Gasteiger partial charge in [-0.15, -0.1) is 0 Å². The molecule has 0 atom stereocenters. The van der Waals surface area contributed by atoms with Gasteiger partial charge in [0.1, 0.15) is 33.7 Å². The molecule has 0 radical (unpaired) electrons. The molecule has 0 aromatic carbocycles. The van der Waals surface area contributed by atoms with Crippen LogP contribution in [0.1, 0.15) is 41.0 Å². The molecule has 0 aliphatic heterocycles. The average Bonchev–Trinajstić information content (AvgIpc) is 2.40. The first-order valence-corrected chi connectivity index (χ1v) is 8.70. The van der Waals surface area contributed by atoms with Gasteiger partial charge in [-0.3, -0.25) is 9.59 Å². The highest BCUT2D eigenvalue weighted by Crippen LogP contribution is 2.22. The Morgan fingerprint density at radius 3 is 1.61 bits per heavy atom. The van der Waals surface area contributed by atoms with E-state index in [1.165, 1.54) is 0 Å². The Morgan fingerprint density at radius 1 is 0.913 bits per heavy atom. The first kappa shape index (κ1) is 22.5. The molecule has 23 heavy (non-hydrogen) atoms. The van der Waals surface area contributed by atoms with Crippen molar-refractivity contribution in [2.45, 2.75) is 55.3 Å². The number of halogens is 2. The van der Waals surface area contributed by atoms with Crippen LogP contribution in [0, 0.1) is 0 Å². The van der Waals surface area contributed by atoms with Gasteiger partial charge >= 0.3 is 11.9 Å². The maximum atomic E-state index is 11.8. The molecule has 0 amide bonds. The van der Waals surface area contributed by atoms with Crippen LogP contribution in [0.5, 0.6) is 0 Å². The first-order chi connectivity index (χ1) is 10.3. The van der Waals surface area contributed by atoms with Crippen molar-refractivity contribution in [3.05, 3.63) is 0 Å². The van der Waals surface area contributed by atoms with E-state index in [9.17, 15) is 14.4 Å². The summed E-state index contributed by atoms with van der Waals surface area (Å²) in [4.78, 5) is 34.1. The van der Waals surface area contributed by atoms with Gasteiger partial charge in [0.2, 0.25) is 0 Å². The third-order valence-electron chi connectivity index (χ3n) is 2.67. The van der Waals surface area contributed by atoms with E-state index in [4.69, 9.17) is 14.2 Å². The summed E-state index contributed by atoms with van der Waals surface area (Å²) in [7, 11) is 0. The van der Waals surface area contributed by atoms with Crippen molar-refractivity contribution in [3.63, 3.8) is 0 Å². The highest BCUT2D eigenvalue weighted by Gasteiger charge is 2.34. The Labute approximate surface area is 153 Å². The van der Waals surface area contributed by atoms with Gasteiger partial charge in [-0.05, 0) is 34.6 Å². The molecule has 134 valence electrons. The summed E-state index contributed by atoms with van der Waals surface area (Å²) in [5, 5.41) is 0. The smallest absolute Gasteiger partial charge is 0.322 e. The van der Waals surface area contributed by atoms with Crippen LogP contribution in [0.2, 0.25) is 0 Å². The minimum absolute atomic E-state index is 0.101. The minimum atomic E-state index is -1.04. The van der Waals surface area contributed by atoms with E-state index in [2.05, 4.69) is 31.9 Å². The molecule has 0 spiro atoms. The number of aldehydes is 1. The predicted molar refractivity (Wildman–Crippen MR) is 93.0 cm³/mol. The van der Waals surface area contributed by atoms with Gasteiger partial charge in [0.15, 0.2) is 0 Å². The summed E-state index contributed by atoms with van der Waals surface area (Å²) in [5.74, 6) is -0.926. The summed E-state index contributed by atoms with van der Waals surface area (Å²) in [6.07, 6.45) is 0.924.